The number of nitrogens with zero attached hydrogens (tertiary/aromatic N) is 1. The van der Waals surface area contributed by atoms with Crippen molar-refractivity contribution >= 4 is 38.8 Å². The molecule has 2 rings (SSSR count). The van der Waals surface area contributed by atoms with Crippen molar-refractivity contribution in [2.24, 2.45) is 0 Å². The van der Waals surface area contributed by atoms with Gasteiger partial charge in [-0.3, -0.25) is 4.79 Å². The van der Waals surface area contributed by atoms with Crippen molar-refractivity contribution in [2.75, 3.05) is 23.8 Å². The Morgan fingerprint density at radius 2 is 2.38 bits per heavy atom. The van der Waals surface area contributed by atoms with Gasteiger partial charge in [-0.05, 0) is 17.9 Å². The maximum absolute atomic E-state index is 12.3. The smallest absolute Gasteiger partial charge is 0.233 e. The van der Waals surface area contributed by atoms with E-state index in [-0.39, 0.29) is 22.7 Å². The normalized spacial score (nSPS) is 20.3. The van der Waals surface area contributed by atoms with E-state index in [0.717, 1.165) is 4.88 Å². The van der Waals surface area contributed by atoms with Crippen molar-refractivity contribution in [3.05, 3.63) is 35.0 Å². The lowest BCUT2D eigenvalue weighted by molar-refractivity contribution is -0.128. The Kier molecular flexibility index (Phi) is 5.89. The van der Waals surface area contributed by atoms with Crippen LogP contribution in [0.25, 0.3) is 0 Å². The molecule has 1 aliphatic rings. The van der Waals surface area contributed by atoms with Gasteiger partial charge in [-0.15, -0.1) is 29.7 Å². The minimum absolute atomic E-state index is 0.0394. The average Bonchev–Trinajstić information content (AvgIpc) is 3.05. The molecule has 21 heavy (non-hydrogen) atoms. The predicted molar refractivity (Wildman–Crippen MR) is 89.4 cm³/mol. The molecule has 0 aromatic carbocycles. The lowest BCUT2D eigenvalue weighted by atomic mass is 10.4. The molecule has 0 bridgehead atoms. The molecule has 1 aliphatic heterocycles. The quantitative estimate of drug-likeness (QED) is 0.711. The standard InChI is InChI=1S/C14H19NO3S3/c1-2-6-15(9-12-4-3-7-19-12)14(16)10-20-13-5-8-21(17,18)11-13/h2-4,7,13H,1,5-6,8-11H2. The molecule has 0 N–H and O–H groups in total. The fourth-order valence-electron chi connectivity index (χ4n) is 2.17. The van der Waals surface area contributed by atoms with Crippen LogP contribution in [-0.4, -0.2) is 48.3 Å². The zero-order chi connectivity index (χ0) is 15.3. The van der Waals surface area contributed by atoms with Crippen LogP contribution in [0.15, 0.2) is 30.2 Å². The summed E-state index contributed by atoms with van der Waals surface area (Å²) in [6.45, 7) is 4.80. The number of sulfone groups is 1. The summed E-state index contributed by atoms with van der Waals surface area (Å²) >= 11 is 3.08. The molecule has 1 aromatic rings. The lowest BCUT2D eigenvalue weighted by Gasteiger charge is -2.21. The van der Waals surface area contributed by atoms with E-state index in [9.17, 15) is 13.2 Å². The molecule has 1 atom stereocenters. The van der Waals surface area contributed by atoms with Crippen molar-refractivity contribution in [3.63, 3.8) is 0 Å². The van der Waals surface area contributed by atoms with Crippen LogP contribution in [0.5, 0.6) is 0 Å². The number of amides is 1. The molecule has 7 heteroatoms. The number of thiophene rings is 1. The van der Waals surface area contributed by atoms with Crippen LogP contribution in [0.2, 0.25) is 0 Å². The molecule has 0 spiro atoms. The first-order valence-electron chi connectivity index (χ1n) is 6.73. The highest BCUT2D eigenvalue weighted by atomic mass is 32.2. The Bertz CT molecular complexity index is 581. The van der Waals surface area contributed by atoms with Crippen molar-refractivity contribution in [1.29, 1.82) is 0 Å². The van der Waals surface area contributed by atoms with E-state index >= 15 is 0 Å². The van der Waals surface area contributed by atoms with Crippen LogP contribution in [0.3, 0.4) is 0 Å². The minimum atomic E-state index is -2.88. The summed E-state index contributed by atoms with van der Waals surface area (Å²) < 4.78 is 22.8. The fourth-order valence-corrected chi connectivity index (χ4v) is 6.44. The summed E-state index contributed by atoms with van der Waals surface area (Å²) in [6.07, 6.45) is 2.38. The van der Waals surface area contributed by atoms with Gasteiger partial charge < -0.3 is 4.90 Å². The first-order valence-corrected chi connectivity index (χ1v) is 10.5. The van der Waals surface area contributed by atoms with Gasteiger partial charge in [-0.1, -0.05) is 12.1 Å². The molecule has 1 amide bonds. The SMILES string of the molecule is C=CCN(Cc1cccs1)C(=O)CSC1CCS(=O)(=O)C1. The molecule has 0 saturated carbocycles. The van der Waals surface area contributed by atoms with Gasteiger partial charge in [-0.2, -0.15) is 0 Å². The number of carbonyl (C=O) groups excluding carboxylic acids is 1. The maximum Gasteiger partial charge on any atom is 0.233 e. The Morgan fingerprint density at radius 3 is 2.95 bits per heavy atom. The summed E-state index contributed by atoms with van der Waals surface area (Å²) in [5, 5.41) is 2.05. The Balaban J connectivity index is 1.85. The molecule has 0 aliphatic carbocycles. The molecule has 2 heterocycles. The highest BCUT2D eigenvalue weighted by molar-refractivity contribution is 8.02. The molecule has 4 nitrogen and oxygen atoms in total. The highest BCUT2D eigenvalue weighted by Gasteiger charge is 2.29. The second-order valence-corrected chi connectivity index (χ2v) is 9.53. The van der Waals surface area contributed by atoms with Crippen LogP contribution in [0, 0.1) is 0 Å². The van der Waals surface area contributed by atoms with Crippen molar-refractivity contribution < 1.29 is 13.2 Å². The molecule has 1 fully saturated rings. The van der Waals surface area contributed by atoms with Gasteiger partial charge in [0.2, 0.25) is 5.91 Å². The Hall–Kier alpha value is -0.790. The molecule has 1 saturated heterocycles. The van der Waals surface area contributed by atoms with Gasteiger partial charge in [-0.25, -0.2) is 8.42 Å². The van der Waals surface area contributed by atoms with Crippen molar-refractivity contribution in [3.8, 4) is 0 Å². The molecule has 1 aromatic heterocycles. The second-order valence-electron chi connectivity index (χ2n) is 4.98. The third-order valence-corrected chi connectivity index (χ3v) is 7.39. The van der Waals surface area contributed by atoms with Gasteiger partial charge in [0, 0.05) is 16.7 Å². The van der Waals surface area contributed by atoms with Crippen LogP contribution >= 0.6 is 23.1 Å². The summed E-state index contributed by atoms with van der Waals surface area (Å²) in [5.74, 6) is 0.832. The summed E-state index contributed by atoms with van der Waals surface area (Å²) in [6, 6.07) is 3.97. The van der Waals surface area contributed by atoms with Crippen molar-refractivity contribution in [1.82, 2.24) is 4.90 Å². The summed E-state index contributed by atoms with van der Waals surface area (Å²) in [5.41, 5.74) is 0. The van der Waals surface area contributed by atoms with E-state index in [1.165, 1.54) is 11.8 Å². The summed E-state index contributed by atoms with van der Waals surface area (Å²) in [4.78, 5) is 15.2. The van der Waals surface area contributed by atoms with Crippen LogP contribution in [0.4, 0.5) is 0 Å². The van der Waals surface area contributed by atoms with E-state index in [2.05, 4.69) is 6.58 Å². The minimum Gasteiger partial charge on any atom is -0.333 e. The Labute approximate surface area is 134 Å². The van der Waals surface area contributed by atoms with Crippen LogP contribution < -0.4 is 0 Å². The van der Waals surface area contributed by atoms with Crippen LogP contribution in [0.1, 0.15) is 11.3 Å². The van der Waals surface area contributed by atoms with E-state index in [1.807, 2.05) is 17.5 Å². The molecule has 1 unspecified atom stereocenters. The predicted octanol–water partition coefficient (Wildman–Crippen LogP) is 2.18. The average molecular weight is 346 g/mol. The molecule has 116 valence electrons. The molecular formula is C14H19NO3S3. The van der Waals surface area contributed by atoms with E-state index in [0.29, 0.717) is 25.3 Å². The largest absolute Gasteiger partial charge is 0.333 e. The molecule has 0 radical (unpaired) electrons. The van der Waals surface area contributed by atoms with Gasteiger partial charge >= 0.3 is 0 Å². The zero-order valence-electron chi connectivity index (χ0n) is 11.7. The first kappa shape index (κ1) is 16.6. The number of thioether (sulfide) groups is 1. The van der Waals surface area contributed by atoms with Gasteiger partial charge in [0.1, 0.15) is 0 Å². The van der Waals surface area contributed by atoms with E-state index in [4.69, 9.17) is 0 Å². The van der Waals surface area contributed by atoms with Crippen LogP contribution in [-0.2, 0) is 21.2 Å². The van der Waals surface area contributed by atoms with Gasteiger partial charge in [0.25, 0.3) is 0 Å². The highest BCUT2D eigenvalue weighted by Crippen LogP contribution is 2.24. The Morgan fingerprint density at radius 1 is 1.57 bits per heavy atom. The van der Waals surface area contributed by atoms with E-state index in [1.54, 1.807) is 22.3 Å². The van der Waals surface area contributed by atoms with Gasteiger partial charge in [0.05, 0.1) is 23.8 Å². The third kappa shape index (κ3) is 5.16. The third-order valence-electron chi connectivity index (χ3n) is 3.26. The number of hydrogen-bond donors (Lipinski definition) is 0. The maximum atomic E-state index is 12.3. The monoisotopic (exact) mass is 345 g/mol. The number of hydrogen-bond acceptors (Lipinski definition) is 5. The summed E-state index contributed by atoms with van der Waals surface area (Å²) in [7, 11) is -2.88. The fraction of sp³-hybridized carbons (Fsp3) is 0.500. The number of rotatable bonds is 7. The topological polar surface area (TPSA) is 54.5 Å². The molecular weight excluding hydrogens is 326 g/mol. The zero-order valence-corrected chi connectivity index (χ0v) is 14.2. The lowest BCUT2D eigenvalue weighted by Crippen LogP contribution is -2.32. The van der Waals surface area contributed by atoms with E-state index < -0.39 is 9.84 Å². The number of carbonyl (C=O) groups is 1. The second kappa shape index (κ2) is 7.47. The first-order chi connectivity index (χ1) is 10.00. The van der Waals surface area contributed by atoms with Gasteiger partial charge in [0.15, 0.2) is 9.84 Å². The van der Waals surface area contributed by atoms with Crippen molar-refractivity contribution in [2.45, 2.75) is 18.2 Å².